The number of aryl methyl sites for hydroxylation is 1. The molecular weight excluding hydrogens is 289 g/mol. The molecule has 0 fully saturated rings. The Balaban J connectivity index is 2.49. The topological polar surface area (TPSA) is 52.6 Å². The van der Waals surface area contributed by atoms with Crippen molar-refractivity contribution in [2.24, 2.45) is 0 Å². The molecule has 2 heterocycles. The van der Waals surface area contributed by atoms with Crippen molar-refractivity contribution in [3.8, 4) is 5.75 Å². The highest BCUT2D eigenvalue weighted by atomic mass is 19.4. The van der Waals surface area contributed by atoms with Crippen molar-refractivity contribution >= 4 is 21.9 Å². The van der Waals surface area contributed by atoms with Crippen LogP contribution in [-0.4, -0.2) is 7.11 Å². The van der Waals surface area contributed by atoms with E-state index in [1.165, 1.54) is 19.2 Å². The van der Waals surface area contributed by atoms with E-state index in [0.29, 0.717) is 5.76 Å². The molecule has 0 unspecified atom stereocenters. The lowest BCUT2D eigenvalue weighted by atomic mass is 10.1. The van der Waals surface area contributed by atoms with Crippen LogP contribution in [0.4, 0.5) is 13.2 Å². The first-order chi connectivity index (χ1) is 9.81. The molecule has 110 valence electrons. The second-order valence-corrected chi connectivity index (χ2v) is 4.52. The summed E-state index contributed by atoms with van der Waals surface area (Å²) in [6, 6.07) is 3.32. The van der Waals surface area contributed by atoms with Crippen molar-refractivity contribution in [1.82, 2.24) is 0 Å². The number of methoxy groups -OCH3 is 1. The number of rotatable bonds is 1. The normalized spacial score (nSPS) is 12.2. The number of furan rings is 1. The summed E-state index contributed by atoms with van der Waals surface area (Å²) in [7, 11) is 1.27. The van der Waals surface area contributed by atoms with Gasteiger partial charge in [0.25, 0.3) is 0 Å². The lowest BCUT2D eigenvalue weighted by molar-refractivity contribution is -0.152. The fourth-order valence-electron chi connectivity index (χ4n) is 2.25. The lowest BCUT2D eigenvalue weighted by Crippen LogP contribution is -2.03. The monoisotopic (exact) mass is 298 g/mol. The molecule has 0 saturated carbocycles. The third kappa shape index (κ3) is 2.05. The van der Waals surface area contributed by atoms with E-state index in [4.69, 9.17) is 13.6 Å². The van der Waals surface area contributed by atoms with Gasteiger partial charge in [-0.2, -0.15) is 13.2 Å². The fraction of sp³-hybridized carbons (Fsp3) is 0.214. The molecule has 0 spiro atoms. The van der Waals surface area contributed by atoms with Crippen molar-refractivity contribution in [2.45, 2.75) is 13.1 Å². The zero-order valence-corrected chi connectivity index (χ0v) is 11.0. The largest absolute Gasteiger partial charge is 0.495 e. The number of halogens is 3. The van der Waals surface area contributed by atoms with Gasteiger partial charge in [-0.15, -0.1) is 0 Å². The number of ether oxygens (including phenoxy) is 1. The van der Waals surface area contributed by atoms with Crippen LogP contribution >= 0.6 is 0 Å². The highest BCUT2D eigenvalue weighted by Gasteiger charge is 2.36. The predicted octanol–water partition coefficient (Wildman–Crippen LogP) is 3.88. The van der Waals surface area contributed by atoms with Crippen molar-refractivity contribution in [1.29, 1.82) is 0 Å². The summed E-state index contributed by atoms with van der Waals surface area (Å²) < 4.78 is 53.5. The molecule has 0 bridgehead atoms. The molecule has 0 aliphatic carbocycles. The molecule has 1 aromatic carbocycles. The second kappa shape index (κ2) is 4.28. The van der Waals surface area contributed by atoms with E-state index in [0.717, 1.165) is 6.07 Å². The summed E-state index contributed by atoms with van der Waals surface area (Å²) in [5.41, 5.74) is -0.324. The summed E-state index contributed by atoms with van der Waals surface area (Å²) in [5, 5.41) is 0.165. The van der Waals surface area contributed by atoms with Crippen LogP contribution in [0.3, 0.4) is 0 Å². The molecule has 4 nitrogen and oxygen atoms in total. The minimum atomic E-state index is -4.62. The van der Waals surface area contributed by atoms with E-state index < -0.39 is 11.9 Å². The van der Waals surface area contributed by atoms with Gasteiger partial charge in [0.1, 0.15) is 28.1 Å². The number of benzene rings is 1. The number of fused-ring (bicyclic) bond motifs is 2. The van der Waals surface area contributed by atoms with Crippen molar-refractivity contribution in [2.75, 3.05) is 7.11 Å². The number of hydrogen-bond acceptors (Lipinski definition) is 4. The Kier molecular flexibility index (Phi) is 2.76. The highest BCUT2D eigenvalue weighted by molar-refractivity contribution is 6.01. The van der Waals surface area contributed by atoms with Crippen molar-refractivity contribution < 1.29 is 26.7 Å². The lowest BCUT2D eigenvalue weighted by Gasteiger charge is -2.05. The molecule has 0 aliphatic heterocycles. The van der Waals surface area contributed by atoms with E-state index in [9.17, 15) is 18.0 Å². The van der Waals surface area contributed by atoms with Crippen LogP contribution in [0.25, 0.3) is 21.9 Å². The first kappa shape index (κ1) is 13.5. The third-order valence-electron chi connectivity index (χ3n) is 3.08. The first-order valence-electron chi connectivity index (χ1n) is 5.93. The third-order valence-corrected chi connectivity index (χ3v) is 3.08. The van der Waals surface area contributed by atoms with Crippen LogP contribution in [0.1, 0.15) is 11.5 Å². The molecule has 0 saturated heterocycles. The van der Waals surface area contributed by atoms with Crippen LogP contribution in [0, 0.1) is 6.92 Å². The van der Waals surface area contributed by atoms with Gasteiger partial charge in [0.05, 0.1) is 12.5 Å². The zero-order chi connectivity index (χ0) is 15.4. The molecule has 0 N–H and O–H groups in total. The quantitative estimate of drug-likeness (QED) is 0.684. The predicted molar refractivity (Wildman–Crippen MR) is 68.5 cm³/mol. The molecule has 0 atom stereocenters. The van der Waals surface area contributed by atoms with E-state index in [-0.39, 0.29) is 33.1 Å². The summed E-state index contributed by atoms with van der Waals surface area (Å²) in [6.07, 6.45) is -4.62. The zero-order valence-electron chi connectivity index (χ0n) is 11.0. The summed E-state index contributed by atoms with van der Waals surface area (Å²) in [5.74, 6) is -0.803. The van der Waals surface area contributed by atoms with Crippen LogP contribution in [0.2, 0.25) is 0 Å². The molecular formula is C14H9F3O4. The maximum Gasteiger partial charge on any atom is 0.449 e. The van der Waals surface area contributed by atoms with Crippen LogP contribution in [0.15, 0.2) is 31.8 Å². The van der Waals surface area contributed by atoms with Crippen molar-refractivity contribution in [3.05, 3.63) is 39.9 Å². The average molecular weight is 298 g/mol. The van der Waals surface area contributed by atoms with E-state index >= 15 is 0 Å². The smallest absolute Gasteiger partial charge is 0.449 e. The molecule has 3 aromatic rings. The van der Waals surface area contributed by atoms with Gasteiger partial charge in [-0.25, -0.2) is 0 Å². The fourth-order valence-corrected chi connectivity index (χ4v) is 2.25. The van der Waals surface area contributed by atoms with E-state index in [1.54, 1.807) is 6.92 Å². The van der Waals surface area contributed by atoms with Gasteiger partial charge in [-0.05, 0) is 6.92 Å². The standard InChI is InChI=1S/C14H9F3O4/c1-6-3-8(18)12-10(20-6)5-9-7(13(12)19-2)4-11(21-9)14(15,16)17/h3-5H,1-2H3. The first-order valence-corrected chi connectivity index (χ1v) is 5.93. The second-order valence-electron chi connectivity index (χ2n) is 4.52. The Labute approximate surface area is 115 Å². The van der Waals surface area contributed by atoms with Gasteiger partial charge in [0, 0.05) is 18.2 Å². The molecule has 7 heteroatoms. The highest BCUT2D eigenvalue weighted by Crippen LogP contribution is 2.39. The van der Waals surface area contributed by atoms with Crippen molar-refractivity contribution in [3.63, 3.8) is 0 Å². The van der Waals surface area contributed by atoms with Gasteiger partial charge < -0.3 is 13.6 Å². The van der Waals surface area contributed by atoms with Gasteiger partial charge in [0.2, 0.25) is 5.76 Å². The summed E-state index contributed by atoms with van der Waals surface area (Å²) in [6.45, 7) is 1.57. The SMILES string of the molecule is COc1c2cc(C(F)(F)F)oc2cc2oc(C)cc(=O)c12. The Bertz CT molecular complexity index is 902. The number of alkyl halides is 3. The van der Waals surface area contributed by atoms with Crippen LogP contribution in [-0.2, 0) is 6.18 Å². The Hall–Kier alpha value is -2.44. The van der Waals surface area contributed by atoms with Gasteiger partial charge >= 0.3 is 6.18 Å². The van der Waals surface area contributed by atoms with Gasteiger partial charge in [0.15, 0.2) is 5.43 Å². The molecule has 0 aliphatic rings. The summed E-state index contributed by atoms with van der Waals surface area (Å²) >= 11 is 0. The van der Waals surface area contributed by atoms with Crippen LogP contribution < -0.4 is 10.2 Å². The maximum atomic E-state index is 12.7. The van der Waals surface area contributed by atoms with E-state index in [1.807, 2.05) is 0 Å². The number of hydrogen-bond donors (Lipinski definition) is 0. The minimum absolute atomic E-state index is 0.00972. The van der Waals surface area contributed by atoms with Crippen LogP contribution in [0.5, 0.6) is 5.75 Å². The average Bonchev–Trinajstić information content (AvgIpc) is 2.79. The Morgan fingerprint density at radius 1 is 1.10 bits per heavy atom. The van der Waals surface area contributed by atoms with E-state index in [2.05, 4.69) is 0 Å². The molecule has 3 rings (SSSR count). The molecule has 0 amide bonds. The van der Waals surface area contributed by atoms with Gasteiger partial charge in [-0.3, -0.25) is 4.79 Å². The minimum Gasteiger partial charge on any atom is -0.495 e. The Morgan fingerprint density at radius 2 is 1.81 bits per heavy atom. The molecule has 21 heavy (non-hydrogen) atoms. The van der Waals surface area contributed by atoms with Gasteiger partial charge in [-0.1, -0.05) is 0 Å². The Morgan fingerprint density at radius 3 is 2.43 bits per heavy atom. The maximum absolute atomic E-state index is 12.7. The molecule has 0 radical (unpaired) electrons. The summed E-state index contributed by atoms with van der Waals surface area (Å²) in [4.78, 5) is 12.0. The molecule has 2 aromatic heterocycles.